The molecule has 2 amide bonds. The van der Waals surface area contributed by atoms with E-state index < -0.39 is 11.7 Å². The number of ether oxygens (including phenoxy) is 3. The van der Waals surface area contributed by atoms with Gasteiger partial charge in [-0.2, -0.15) is 0 Å². The van der Waals surface area contributed by atoms with Crippen LogP contribution in [0.4, 0.5) is 4.79 Å². The highest BCUT2D eigenvalue weighted by Gasteiger charge is 2.38. The summed E-state index contributed by atoms with van der Waals surface area (Å²) in [7, 11) is 1.67. The largest absolute Gasteiger partial charge is 0.478 e. The monoisotopic (exact) mass is 597 g/mol. The Bertz CT molecular complexity index is 1480. The first kappa shape index (κ1) is 31.3. The molecule has 1 aromatic heterocycles. The van der Waals surface area contributed by atoms with Gasteiger partial charge >= 0.3 is 6.09 Å². The van der Waals surface area contributed by atoms with E-state index in [1.807, 2.05) is 62.1 Å². The minimum absolute atomic E-state index is 0.0414. The molecule has 2 aliphatic rings. The lowest BCUT2D eigenvalue weighted by molar-refractivity contribution is -0.128. The van der Waals surface area contributed by atoms with Gasteiger partial charge in [-0.15, -0.1) is 0 Å². The highest BCUT2D eigenvalue weighted by atomic mass is 16.6. The van der Waals surface area contributed by atoms with E-state index in [-0.39, 0.29) is 18.5 Å². The number of benzene rings is 2. The molecular weight excluding hydrogens is 554 g/mol. The Kier molecular flexibility index (Phi) is 10.0. The zero-order chi connectivity index (χ0) is 31.1. The molecule has 0 bridgehead atoms. The first-order chi connectivity index (χ1) is 21.2. The second-order valence-corrected chi connectivity index (χ2v) is 12.4. The maximum Gasteiger partial charge on any atom is 0.410 e. The summed E-state index contributed by atoms with van der Waals surface area (Å²) in [5, 5.41) is 0. The lowest BCUT2D eigenvalue weighted by Crippen LogP contribution is -2.44. The second kappa shape index (κ2) is 14.1. The molecule has 232 valence electrons. The van der Waals surface area contributed by atoms with E-state index in [0.29, 0.717) is 44.2 Å². The molecule has 8 nitrogen and oxygen atoms in total. The van der Waals surface area contributed by atoms with E-state index in [9.17, 15) is 9.59 Å². The van der Waals surface area contributed by atoms with Crippen molar-refractivity contribution in [2.24, 2.45) is 0 Å². The van der Waals surface area contributed by atoms with Crippen LogP contribution >= 0.6 is 0 Å². The van der Waals surface area contributed by atoms with Crippen molar-refractivity contribution >= 4 is 17.6 Å². The van der Waals surface area contributed by atoms with E-state index in [0.717, 1.165) is 47.1 Å². The van der Waals surface area contributed by atoms with Gasteiger partial charge in [0.15, 0.2) is 0 Å². The molecule has 5 rings (SSSR count). The van der Waals surface area contributed by atoms with Gasteiger partial charge in [0.2, 0.25) is 5.88 Å². The third-order valence-electron chi connectivity index (χ3n) is 7.72. The summed E-state index contributed by atoms with van der Waals surface area (Å²) in [4.78, 5) is 35.7. The molecule has 8 heteroatoms. The van der Waals surface area contributed by atoms with Crippen LogP contribution in [-0.2, 0) is 20.8 Å². The Morgan fingerprint density at radius 2 is 1.70 bits per heavy atom. The van der Waals surface area contributed by atoms with Gasteiger partial charge in [0.05, 0.1) is 13.2 Å². The third-order valence-corrected chi connectivity index (χ3v) is 7.72. The van der Waals surface area contributed by atoms with Gasteiger partial charge in [-0.05, 0) is 80.0 Å². The maximum atomic E-state index is 14.5. The standard InChI is InChI=1S/C36H43N3O5/c1-36(2,3)44-35(41)38-19-17-31(29-13-8-12-28(23-29)27-10-6-5-7-11-27)32(25-38)34(40)39(30-14-15-30)24-26-16-18-37-33(22-26)43-21-9-20-42-4/h5-8,10-13,16,18,22-23,30H,9,14-15,17,19-21,24-25H2,1-4H3. The molecule has 0 N–H and O–H groups in total. The summed E-state index contributed by atoms with van der Waals surface area (Å²) in [6.45, 7) is 7.82. The van der Waals surface area contributed by atoms with Crippen LogP contribution in [0, 0.1) is 0 Å². The highest BCUT2D eigenvalue weighted by Crippen LogP contribution is 2.36. The normalized spacial score (nSPS) is 15.2. The third kappa shape index (κ3) is 8.26. The molecule has 1 aliphatic carbocycles. The number of hydrogen-bond donors (Lipinski definition) is 0. The van der Waals surface area contributed by atoms with Gasteiger partial charge in [-0.25, -0.2) is 9.78 Å². The minimum atomic E-state index is -0.625. The molecule has 0 atom stereocenters. The second-order valence-electron chi connectivity index (χ2n) is 12.4. The summed E-state index contributed by atoms with van der Waals surface area (Å²) in [6, 6.07) is 22.6. The van der Waals surface area contributed by atoms with Crippen molar-refractivity contribution in [3.05, 3.63) is 89.6 Å². The predicted molar refractivity (Wildman–Crippen MR) is 171 cm³/mol. The molecule has 3 aromatic rings. The molecule has 0 spiro atoms. The van der Waals surface area contributed by atoms with Crippen LogP contribution in [0.25, 0.3) is 16.7 Å². The number of pyridine rings is 1. The zero-order valence-corrected chi connectivity index (χ0v) is 26.3. The predicted octanol–water partition coefficient (Wildman–Crippen LogP) is 6.75. The van der Waals surface area contributed by atoms with Gasteiger partial charge in [-0.3, -0.25) is 4.79 Å². The lowest BCUT2D eigenvalue weighted by Gasteiger charge is -2.34. The average Bonchev–Trinajstić information content (AvgIpc) is 3.87. The summed E-state index contributed by atoms with van der Waals surface area (Å²) in [5.41, 5.74) is 5.16. The van der Waals surface area contributed by atoms with Crippen molar-refractivity contribution in [3.8, 4) is 17.0 Å². The van der Waals surface area contributed by atoms with Crippen molar-refractivity contribution in [2.45, 2.75) is 64.6 Å². The van der Waals surface area contributed by atoms with E-state index in [4.69, 9.17) is 14.2 Å². The first-order valence-corrected chi connectivity index (χ1v) is 15.5. The summed E-state index contributed by atoms with van der Waals surface area (Å²) >= 11 is 0. The fourth-order valence-electron chi connectivity index (χ4n) is 5.41. The SMILES string of the molecule is COCCCOc1cc(CN(C(=O)C2=C(c3cccc(-c4ccccc4)c3)CCN(C(=O)OC(C)(C)C)C2)C2CC2)ccn1. The van der Waals surface area contributed by atoms with Crippen molar-refractivity contribution < 1.29 is 23.8 Å². The molecule has 0 unspecified atom stereocenters. The van der Waals surface area contributed by atoms with E-state index in [2.05, 4.69) is 35.3 Å². The Morgan fingerprint density at radius 3 is 2.43 bits per heavy atom. The molecule has 0 radical (unpaired) electrons. The molecular formula is C36H43N3O5. The summed E-state index contributed by atoms with van der Waals surface area (Å²) in [6.07, 6.45) is 4.57. The fourth-order valence-corrected chi connectivity index (χ4v) is 5.41. The number of carbonyl (C=O) groups is 2. The van der Waals surface area contributed by atoms with Crippen molar-refractivity contribution in [1.29, 1.82) is 0 Å². The van der Waals surface area contributed by atoms with Crippen molar-refractivity contribution in [3.63, 3.8) is 0 Å². The Hall–Kier alpha value is -4.17. The Morgan fingerprint density at radius 1 is 0.955 bits per heavy atom. The number of nitrogens with zero attached hydrogens (tertiary/aromatic N) is 3. The van der Waals surface area contributed by atoms with Crippen LogP contribution in [0.1, 0.15) is 57.6 Å². The van der Waals surface area contributed by atoms with Gasteiger partial charge in [0, 0.05) is 57.1 Å². The summed E-state index contributed by atoms with van der Waals surface area (Å²) in [5.74, 6) is 0.494. The first-order valence-electron chi connectivity index (χ1n) is 15.5. The van der Waals surface area contributed by atoms with Gasteiger partial charge < -0.3 is 24.0 Å². The van der Waals surface area contributed by atoms with Crippen molar-refractivity contribution in [2.75, 3.05) is 33.4 Å². The molecule has 1 saturated carbocycles. The van der Waals surface area contributed by atoms with E-state index in [1.54, 1.807) is 18.2 Å². The molecule has 0 saturated heterocycles. The quantitative estimate of drug-likeness (QED) is 0.228. The number of carbonyl (C=O) groups excluding carboxylic acids is 2. The Balaban J connectivity index is 1.46. The molecule has 1 aliphatic heterocycles. The van der Waals surface area contributed by atoms with Crippen LogP contribution in [0.5, 0.6) is 5.88 Å². The summed E-state index contributed by atoms with van der Waals surface area (Å²) < 4.78 is 16.6. The smallest absolute Gasteiger partial charge is 0.410 e. The number of methoxy groups -OCH3 is 1. The number of rotatable bonds is 11. The van der Waals surface area contributed by atoms with Crippen LogP contribution in [0.15, 0.2) is 78.5 Å². The van der Waals surface area contributed by atoms with Crippen LogP contribution in [0.2, 0.25) is 0 Å². The fraction of sp³-hybridized carbons (Fsp3) is 0.417. The van der Waals surface area contributed by atoms with Gasteiger partial charge in [0.25, 0.3) is 5.91 Å². The van der Waals surface area contributed by atoms with E-state index in [1.165, 1.54) is 0 Å². The zero-order valence-electron chi connectivity index (χ0n) is 26.3. The lowest BCUT2D eigenvalue weighted by atomic mass is 9.90. The van der Waals surface area contributed by atoms with E-state index >= 15 is 0 Å². The molecule has 2 heterocycles. The number of aromatic nitrogens is 1. The highest BCUT2D eigenvalue weighted by molar-refractivity contribution is 6.03. The van der Waals surface area contributed by atoms with Crippen LogP contribution in [-0.4, -0.2) is 71.8 Å². The van der Waals surface area contributed by atoms with Crippen LogP contribution < -0.4 is 4.74 Å². The number of hydrogen-bond acceptors (Lipinski definition) is 6. The van der Waals surface area contributed by atoms with Gasteiger partial charge in [0.1, 0.15) is 5.60 Å². The topological polar surface area (TPSA) is 81.2 Å². The maximum absolute atomic E-state index is 14.5. The minimum Gasteiger partial charge on any atom is -0.478 e. The van der Waals surface area contributed by atoms with Crippen LogP contribution in [0.3, 0.4) is 0 Å². The van der Waals surface area contributed by atoms with Gasteiger partial charge in [-0.1, -0.05) is 48.5 Å². The molecule has 1 fully saturated rings. The molecule has 2 aromatic carbocycles. The Labute approximate surface area is 260 Å². The number of amides is 2. The molecule has 44 heavy (non-hydrogen) atoms. The average molecular weight is 598 g/mol. The van der Waals surface area contributed by atoms with Crippen molar-refractivity contribution in [1.82, 2.24) is 14.8 Å².